The van der Waals surface area contributed by atoms with E-state index in [1.165, 1.54) is 0 Å². The van der Waals surface area contributed by atoms with E-state index in [9.17, 15) is 4.79 Å². The van der Waals surface area contributed by atoms with Crippen LogP contribution in [0.1, 0.15) is 6.42 Å². The number of quaternary nitrogens is 1. The highest BCUT2D eigenvalue weighted by molar-refractivity contribution is 5.91. The smallest absolute Gasteiger partial charge is 0.279 e. The minimum absolute atomic E-state index is 0.00152. The molecule has 0 spiro atoms. The summed E-state index contributed by atoms with van der Waals surface area (Å²) in [5.41, 5.74) is 0.779. The van der Waals surface area contributed by atoms with Crippen LogP contribution in [0.4, 0.5) is 5.69 Å². The number of likely N-dealkylation sites (N-methyl/N-ethyl adjacent to an activating group) is 1. The second-order valence-corrected chi connectivity index (χ2v) is 5.68. The number of hydrogen-bond donors (Lipinski definition) is 2. The van der Waals surface area contributed by atoms with Crippen molar-refractivity contribution in [3.05, 3.63) is 54.6 Å². The Kier molecular flexibility index (Phi) is 7.11. The minimum Gasteiger partial charge on any atom is -0.497 e. The summed E-state index contributed by atoms with van der Waals surface area (Å²) in [6.07, 6.45) is 0.899. The molecule has 24 heavy (non-hydrogen) atoms. The molecule has 0 heterocycles. The van der Waals surface area contributed by atoms with Crippen molar-refractivity contribution in [1.82, 2.24) is 0 Å². The van der Waals surface area contributed by atoms with Crippen LogP contribution >= 0.6 is 0 Å². The normalized spacial score (nSPS) is 11.6. The highest BCUT2D eigenvalue weighted by Gasteiger charge is 2.10. The Morgan fingerprint density at radius 3 is 2.42 bits per heavy atom. The van der Waals surface area contributed by atoms with Crippen molar-refractivity contribution >= 4 is 11.6 Å². The van der Waals surface area contributed by atoms with E-state index in [1.54, 1.807) is 7.11 Å². The van der Waals surface area contributed by atoms with Crippen molar-refractivity contribution in [3.63, 3.8) is 0 Å². The van der Waals surface area contributed by atoms with E-state index in [0.717, 1.165) is 35.1 Å². The number of carbonyl (C=O) groups excluding carboxylic acids is 1. The molecule has 0 fully saturated rings. The Labute approximate surface area is 143 Å². The van der Waals surface area contributed by atoms with Crippen LogP contribution in [0.25, 0.3) is 0 Å². The van der Waals surface area contributed by atoms with Gasteiger partial charge >= 0.3 is 0 Å². The quantitative estimate of drug-likeness (QED) is 0.688. The van der Waals surface area contributed by atoms with Gasteiger partial charge < -0.3 is 19.7 Å². The summed E-state index contributed by atoms with van der Waals surface area (Å²) in [4.78, 5) is 13.2. The van der Waals surface area contributed by atoms with Crippen LogP contribution in [-0.2, 0) is 4.79 Å². The number of amides is 1. The largest absolute Gasteiger partial charge is 0.497 e. The van der Waals surface area contributed by atoms with Gasteiger partial charge in [-0.1, -0.05) is 18.2 Å². The third kappa shape index (κ3) is 6.30. The number of ether oxygens (including phenoxy) is 2. The van der Waals surface area contributed by atoms with Crippen LogP contribution in [0.3, 0.4) is 0 Å². The zero-order valence-electron chi connectivity index (χ0n) is 14.2. The molecule has 2 aromatic rings. The first-order valence-electron chi connectivity index (χ1n) is 8.10. The molecule has 2 aromatic carbocycles. The molecule has 128 valence electrons. The number of anilines is 1. The van der Waals surface area contributed by atoms with Crippen LogP contribution in [0.5, 0.6) is 11.5 Å². The van der Waals surface area contributed by atoms with Crippen molar-refractivity contribution in [2.24, 2.45) is 0 Å². The van der Waals surface area contributed by atoms with Crippen molar-refractivity contribution in [3.8, 4) is 11.5 Å². The Bertz CT molecular complexity index is 614. The van der Waals surface area contributed by atoms with Gasteiger partial charge in [0.15, 0.2) is 6.54 Å². The molecule has 0 bridgehead atoms. The fraction of sp³-hybridized carbons (Fsp3) is 0.316. The van der Waals surface area contributed by atoms with E-state index in [-0.39, 0.29) is 5.91 Å². The van der Waals surface area contributed by atoms with Gasteiger partial charge in [0, 0.05) is 12.1 Å². The predicted molar refractivity (Wildman–Crippen MR) is 94.8 cm³/mol. The van der Waals surface area contributed by atoms with Crippen molar-refractivity contribution in [2.45, 2.75) is 6.42 Å². The van der Waals surface area contributed by atoms with Gasteiger partial charge in [-0.25, -0.2) is 0 Å². The van der Waals surface area contributed by atoms with Crippen molar-refractivity contribution in [1.29, 1.82) is 0 Å². The Morgan fingerprint density at radius 2 is 1.75 bits per heavy atom. The maximum atomic E-state index is 12.0. The number of nitrogens with one attached hydrogen (secondary N) is 2. The first kappa shape index (κ1) is 17.8. The topological polar surface area (TPSA) is 52.0 Å². The number of rotatable bonds is 9. The average molecular weight is 329 g/mol. The standard InChI is InChI=1S/C19H24N2O3/c1-21(13-6-14-24-18-7-4-3-5-8-18)15-19(22)20-16-9-11-17(23-2)12-10-16/h3-5,7-12H,6,13-15H2,1-2H3,(H,20,22)/p+1. The molecule has 0 saturated carbocycles. The van der Waals surface area contributed by atoms with Gasteiger partial charge in [-0.15, -0.1) is 0 Å². The van der Waals surface area contributed by atoms with E-state index in [1.807, 2.05) is 61.6 Å². The zero-order chi connectivity index (χ0) is 17.2. The summed E-state index contributed by atoms with van der Waals surface area (Å²) < 4.78 is 10.8. The van der Waals surface area contributed by atoms with E-state index < -0.39 is 0 Å². The lowest BCUT2D eigenvalue weighted by Crippen LogP contribution is -3.10. The summed E-state index contributed by atoms with van der Waals surface area (Å²) in [5.74, 6) is 1.66. The second-order valence-electron chi connectivity index (χ2n) is 5.68. The fourth-order valence-corrected chi connectivity index (χ4v) is 2.32. The SMILES string of the molecule is COc1ccc(NC(=O)C[NH+](C)CCCOc2ccccc2)cc1. The fourth-order valence-electron chi connectivity index (χ4n) is 2.32. The van der Waals surface area contributed by atoms with Gasteiger partial charge in [-0.05, 0) is 36.4 Å². The molecular weight excluding hydrogens is 304 g/mol. The predicted octanol–water partition coefficient (Wildman–Crippen LogP) is 1.62. The van der Waals surface area contributed by atoms with E-state index >= 15 is 0 Å². The molecule has 0 aliphatic carbocycles. The van der Waals surface area contributed by atoms with Crippen LogP contribution < -0.4 is 19.7 Å². The maximum absolute atomic E-state index is 12.0. The highest BCUT2D eigenvalue weighted by atomic mass is 16.5. The molecule has 1 unspecified atom stereocenters. The lowest BCUT2D eigenvalue weighted by atomic mass is 10.3. The summed E-state index contributed by atoms with van der Waals surface area (Å²) in [5, 5.41) is 2.89. The maximum Gasteiger partial charge on any atom is 0.279 e. The van der Waals surface area contributed by atoms with Crippen molar-refractivity contribution in [2.75, 3.05) is 39.2 Å². The van der Waals surface area contributed by atoms with E-state index in [4.69, 9.17) is 9.47 Å². The second kappa shape index (κ2) is 9.57. The van der Waals surface area contributed by atoms with Gasteiger partial charge in [-0.3, -0.25) is 4.79 Å². The summed E-state index contributed by atoms with van der Waals surface area (Å²) in [6, 6.07) is 17.1. The molecular formula is C19H25N2O3+. The zero-order valence-corrected chi connectivity index (χ0v) is 14.2. The number of benzene rings is 2. The first-order valence-corrected chi connectivity index (χ1v) is 8.10. The molecule has 0 saturated heterocycles. The molecule has 2 N–H and O–H groups in total. The van der Waals surface area contributed by atoms with Crippen LogP contribution in [0.2, 0.25) is 0 Å². The number of hydrogen-bond acceptors (Lipinski definition) is 3. The average Bonchev–Trinajstić information content (AvgIpc) is 2.60. The third-order valence-corrected chi connectivity index (χ3v) is 3.60. The third-order valence-electron chi connectivity index (χ3n) is 3.60. The number of carbonyl (C=O) groups is 1. The lowest BCUT2D eigenvalue weighted by Gasteiger charge is -2.14. The lowest BCUT2D eigenvalue weighted by molar-refractivity contribution is -0.871. The summed E-state index contributed by atoms with van der Waals surface area (Å²) in [6.45, 7) is 1.96. The van der Waals surface area contributed by atoms with Gasteiger partial charge in [-0.2, -0.15) is 0 Å². The van der Waals surface area contributed by atoms with Gasteiger partial charge in [0.1, 0.15) is 11.5 Å². The van der Waals surface area contributed by atoms with Crippen molar-refractivity contribution < 1.29 is 19.2 Å². The van der Waals surface area contributed by atoms with Gasteiger partial charge in [0.25, 0.3) is 5.91 Å². The molecule has 0 aromatic heterocycles. The molecule has 0 aliphatic rings. The Morgan fingerprint density at radius 1 is 1.04 bits per heavy atom. The number of para-hydroxylation sites is 1. The molecule has 2 rings (SSSR count). The summed E-state index contributed by atoms with van der Waals surface area (Å²) >= 11 is 0. The molecule has 0 aliphatic heterocycles. The summed E-state index contributed by atoms with van der Waals surface area (Å²) in [7, 11) is 3.63. The molecule has 1 amide bonds. The molecule has 5 nitrogen and oxygen atoms in total. The monoisotopic (exact) mass is 329 g/mol. The van der Waals surface area contributed by atoms with Crippen LogP contribution in [-0.4, -0.2) is 39.8 Å². The molecule has 5 heteroatoms. The van der Waals surface area contributed by atoms with E-state index in [0.29, 0.717) is 13.2 Å². The van der Waals surface area contributed by atoms with Crippen LogP contribution in [0.15, 0.2) is 54.6 Å². The van der Waals surface area contributed by atoms with Crippen LogP contribution in [0, 0.1) is 0 Å². The Hall–Kier alpha value is -2.53. The molecule has 1 atom stereocenters. The Balaban J connectivity index is 1.64. The van der Waals surface area contributed by atoms with Gasteiger partial charge in [0.05, 0.1) is 27.3 Å². The van der Waals surface area contributed by atoms with Gasteiger partial charge in [0.2, 0.25) is 0 Å². The van der Waals surface area contributed by atoms with E-state index in [2.05, 4.69) is 5.32 Å². The molecule has 0 radical (unpaired) electrons. The first-order chi connectivity index (χ1) is 11.7. The minimum atomic E-state index is 0.00152. The highest BCUT2D eigenvalue weighted by Crippen LogP contribution is 2.14. The number of methoxy groups -OCH3 is 1.